The first-order valence-electron chi connectivity index (χ1n) is 11.6. The van der Waals surface area contributed by atoms with E-state index in [9.17, 15) is 4.79 Å². The van der Waals surface area contributed by atoms with Crippen LogP contribution in [0.3, 0.4) is 0 Å². The van der Waals surface area contributed by atoms with Gasteiger partial charge in [0, 0.05) is 60.7 Å². The van der Waals surface area contributed by atoms with E-state index in [1.807, 2.05) is 25.7 Å². The lowest BCUT2D eigenvalue weighted by atomic mass is 10.0. The van der Waals surface area contributed by atoms with Crippen LogP contribution < -0.4 is 10.1 Å². The number of rotatable bonds is 8. The summed E-state index contributed by atoms with van der Waals surface area (Å²) in [5.74, 6) is 1.51. The number of nitrogens with zero attached hydrogens (tertiary/aromatic N) is 3. The number of hydrogen-bond donors (Lipinski definition) is 1. The van der Waals surface area contributed by atoms with E-state index in [4.69, 9.17) is 14.2 Å². The van der Waals surface area contributed by atoms with Crippen molar-refractivity contribution in [3.8, 4) is 5.88 Å². The molecule has 0 radical (unpaired) electrons. The highest BCUT2D eigenvalue weighted by Crippen LogP contribution is 2.29. The highest BCUT2D eigenvalue weighted by molar-refractivity contribution is 5.76. The molecule has 3 heterocycles. The van der Waals surface area contributed by atoms with Crippen LogP contribution in [0, 0.1) is 13.8 Å². The second-order valence-electron chi connectivity index (χ2n) is 9.04. The maximum absolute atomic E-state index is 12.8. The van der Waals surface area contributed by atoms with Gasteiger partial charge in [0.15, 0.2) is 0 Å². The molecule has 1 atom stereocenters. The molecule has 33 heavy (non-hydrogen) atoms. The van der Waals surface area contributed by atoms with Crippen molar-refractivity contribution in [2.24, 2.45) is 0 Å². The summed E-state index contributed by atoms with van der Waals surface area (Å²) in [7, 11) is 0. The van der Waals surface area contributed by atoms with Crippen LogP contribution in [0.15, 0.2) is 47.0 Å². The fourth-order valence-electron chi connectivity index (χ4n) is 4.10. The lowest BCUT2D eigenvalue weighted by molar-refractivity contribution is -0.130. The Balaban J connectivity index is 1.34. The zero-order chi connectivity index (χ0) is 23.4. The van der Waals surface area contributed by atoms with Gasteiger partial charge in [-0.15, -0.1) is 0 Å². The molecule has 3 aromatic rings. The predicted molar refractivity (Wildman–Crippen MR) is 128 cm³/mol. The summed E-state index contributed by atoms with van der Waals surface area (Å²) in [6.07, 6.45) is 1.86. The van der Waals surface area contributed by atoms with Crippen molar-refractivity contribution in [2.45, 2.75) is 59.0 Å². The van der Waals surface area contributed by atoms with Crippen molar-refractivity contribution >= 4 is 17.3 Å². The number of aryl methyl sites for hydroxylation is 3. The van der Waals surface area contributed by atoms with Gasteiger partial charge in [0.25, 0.3) is 5.88 Å². The lowest BCUT2D eigenvalue weighted by Gasteiger charge is -2.17. The van der Waals surface area contributed by atoms with E-state index in [-0.39, 0.29) is 17.9 Å². The average Bonchev–Trinajstić information content (AvgIpc) is 3.43. The Morgan fingerprint density at radius 2 is 1.97 bits per heavy atom. The first kappa shape index (κ1) is 22.8. The van der Waals surface area contributed by atoms with Crippen molar-refractivity contribution in [1.82, 2.24) is 15.0 Å². The van der Waals surface area contributed by atoms with Crippen LogP contribution >= 0.6 is 0 Å². The quantitative estimate of drug-likeness (QED) is 0.512. The SMILES string of the molecule is Cc1ccc(Nc2cc(C)nc([C@@H]3CCN(C(=O)CCc4cc(OC(C)C)no4)C3)c2)cc1. The summed E-state index contributed by atoms with van der Waals surface area (Å²) in [6.45, 7) is 9.40. The molecule has 0 aliphatic carbocycles. The molecule has 0 spiro atoms. The monoisotopic (exact) mass is 448 g/mol. The Kier molecular flexibility index (Phi) is 6.96. The third kappa shape index (κ3) is 6.12. The number of ether oxygens (including phenoxy) is 1. The summed E-state index contributed by atoms with van der Waals surface area (Å²) < 4.78 is 10.8. The maximum Gasteiger partial charge on any atom is 0.254 e. The Bertz CT molecular complexity index is 1090. The zero-order valence-corrected chi connectivity index (χ0v) is 19.8. The van der Waals surface area contributed by atoms with E-state index in [1.165, 1.54) is 5.56 Å². The smallest absolute Gasteiger partial charge is 0.254 e. The molecule has 174 valence electrons. The van der Waals surface area contributed by atoms with E-state index < -0.39 is 0 Å². The molecule has 1 saturated heterocycles. The summed E-state index contributed by atoms with van der Waals surface area (Å²) in [4.78, 5) is 19.5. The van der Waals surface area contributed by atoms with Gasteiger partial charge < -0.3 is 19.5 Å². The molecule has 1 aliphatic heterocycles. The fraction of sp³-hybridized carbons (Fsp3) is 0.423. The van der Waals surface area contributed by atoms with Crippen LogP contribution in [-0.2, 0) is 11.2 Å². The van der Waals surface area contributed by atoms with Gasteiger partial charge in [0.2, 0.25) is 5.91 Å². The van der Waals surface area contributed by atoms with E-state index in [0.717, 1.165) is 35.7 Å². The van der Waals surface area contributed by atoms with Crippen LogP contribution in [0.5, 0.6) is 5.88 Å². The molecular formula is C26H32N4O3. The van der Waals surface area contributed by atoms with Crippen molar-refractivity contribution in [2.75, 3.05) is 18.4 Å². The number of amides is 1. The number of hydrogen-bond acceptors (Lipinski definition) is 6. The Labute approximate surface area is 195 Å². The van der Waals surface area contributed by atoms with Gasteiger partial charge >= 0.3 is 0 Å². The minimum absolute atomic E-state index is 0.0361. The average molecular weight is 449 g/mol. The summed E-state index contributed by atoms with van der Waals surface area (Å²) in [5.41, 5.74) is 5.31. The van der Waals surface area contributed by atoms with Crippen LogP contribution in [0.2, 0.25) is 0 Å². The number of nitrogens with one attached hydrogen (secondary N) is 1. The molecule has 0 unspecified atom stereocenters. The van der Waals surface area contributed by atoms with E-state index in [1.54, 1.807) is 6.07 Å². The minimum Gasteiger partial charge on any atom is -0.473 e. The lowest BCUT2D eigenvalue weighted by Crippen LogP contribution is -2.28. The molecule has 0 saturated carbocycles. The molecule has 0 bridgehead atoms. The van der Waals surface area contributed by atoms with Gasteiger partial charge in [-0.05, 0) is 63.5 Å². The van der Waals surface area contributed by atoms with Crippen LogP contribution in [0.1, 0.15) is 55.3 Å². The zero-order valence-electron chi connectivity index (χ0n) is 19.8. The van der Waals surface area contributed by atoms with Crippen LogP contribution in [0.25, 0.3) is 0 Å². The predicted octanol–water partition coefficient (Wildman–Crippen LogP) is 5.17. The van der Waals surface area contributed by atoms with Crippen LogP contribution in [-0.4, -0.2) is 40.1 Å². The van der Waals surface area contributed by atoms with Crippen LogP contribution in [0.4, 0.5) is 11.4 Å². The number of anilines is 2. The summed E-state index contributed by atoms with van der Waals surface area (Å²) in [5, 5.41) is 7.37. The molecule has 1 N–H and O–H groups in total. The number of likely N-dealkylation sites (tertiary alicyclic amines) is 1. The second kappa shape index (κ2) is 10.1. The van der Waals surface area contributed by atoms with E-state index in [2.05, 4.69) is 53.8 Å². The fourth-order valence-corrected chi connectivity index (χ4v) is 4.10. The summed E-state index contributed by atoms with van der Waals surface area (Å²) >= 11 is 0. The highest BCUT2D eigenvalue weighted by Gasteiger charge is 2.28. The number of carbonyl (C=O) groups is 1. The van der Waals surface area contributed by atoms with Gasteiger partial charge in [-0.2, -0.15) is 0 Å². The van der Waals surface area contributed by atoms with Crippen molar-refractivity contribution in [3.05, 3.63) is 65.2 Å². The van der Waals surface area contributed by atoms with Gasteiger partial charge in [0.1, 0.15) is 5.76 Å². The molecule has 1 fully saturated rings. The molecule has 1 aliphatic rings. The normalized spacial score (nSPS) is 15.8. The van der Waals surface area contributed by atoms with Gasteiger partial charge in [-0.25, -0.2) is 0 Å². The topological polar surface area (TPSA) is 80.5 Å². The molecule has 1 aromatic carbocycles. The van der Waals surface area contributed by atoms with E-state index >= 15 is 0 Å². The Morgan fingerprint density at radius 1 is 1.18 bits per heavy atom. The third-order valence-electron chi connectivity index (χ3n) is 5.75. The van der Waals surface area contributed by atoms with Crippen molar-refractivity contribution < 1.29 is 14.1 Å². The number of benzene rings is 1. The molecule has 4 rings (SSSR count). The van der Waals surface area contributed by atoms with Gasteiger partial charge in [-0.3, -0.25) is 9.78 Å². The summed E-state index contributed by atoms with van der Waals surface area (Å²) in [6, 6.07) is 14.3. The maximum atomic E-state index is 12.8. The Hall–Kier alpha value is -3.35. The largest absolute Gasteiger partial charge is 0.473 e. The molecule has 1 amide bonds. The van der Waals surface area contributed by atoms with Crippen molar-refractivity contribution in [3.63, 3.8) is 0 Å². The first-order chi connectivity index (χ1) is 15.9. The number of pyridine rings is 1. The Morgan fingerprint density at radius 3 is 2.73 bits per heavy atom. The number of carbonyl (C=O) groups excluding carboxylic acids is 1. The van der Waals surface area contributed by atoms with E-state index in [0.29, 0.717) is 31.0 Å². The third-order valence-corrected chi connectivity index (χ3v) is 5.75. The molecule has 7 nitrogen and oxygen atoms in total. The molecule has 7 heteroatoms. The van der Waals surface area contributed by atoms with Gasteiger partial charge in [-0.1, -0.05) is 17.7 Å². The molecule has 2 aromatic heterocycles. The van der Waals surface area contributed by atoms with Gasteiger partial charge in [0.05, 0.1) is 6.10 Å². The number of aromatic nitrogens is 2. The standard InChI is InChI=1S/C26H32N4O3/c1-17(2)32-25-15-23(33-29-25)9-10-26(31)30-12-11-20(16-30)24-14-22(13-19(4)27-24)28-21-7-5-18(3)6-8-21/h5-8,13-15,17,20H,9-12,16H2,1-4H3,(H,27,28)/t20-/m1/s1. The highest BCUT2D eigenvalue weighted by atomic mass is 16.5. The second-order valence-corrected chi connectivity index (χ2v) is 9.04. The minimum atomic E-state index is 0.0361. The molecular weight excluding hydrogens is 416 g/mol. The first-order valence-corrected chi connectivity index (χ1v) is 11.6. The van der Waals surface area contributed by atoms with Crippen molar-refractivity contribution in [1.29, 1.82) is 0 Å².